The number of carbonyl (C=O) groups excluding carboxylic acids is 2. The average molecular weight is 399 g/mol. The van der Waals surface area contributed by atoms with Gasteiger partial charge in [-0.2, -0.15) is 0 Å². The maximum absolute atomic E-state index is 12.5. The van der Waals surface area contributed by atoms with Crippen molar-refractivity contribution in [1.29, 1.82) is 0 Å². The molecule has 2 aromatic rings. The molecule has 0 saturated carbocycles. The Morgan fingerprint density at radius 1 is 1.11 bits per heavy atom. The van der Waals surface area contributed by atoms with Crippen LogP contribution in [-0.2, 0) is 4.79 Å². The molecule has 28 heavy (non-hydrogen) atoms. The molecule has 0 bridgehead atoms. The van der Waals surface area contributed by atoms with Crippen molar-refractivity contribution in [3.8, 4) is 0 Å². The monoisotopic (exact) mass is 398 g/mol. The largest absolute Gasteiger partial charge is 0.378 e. The molecule has 1 aliphatic heterocycles. The van der Waals surface area contributed by atoms with Crippen molar-refractivity contribution in [3.05, 3.63) is 48.2 Å². The molecule has 1 aromatic heterocycles. The highest BCUT2D eigenvalue weighted by molar-refractivity contribution is 8.00. The second kappa shape index (κ2) is 9.10. The van der Waals surface area contributed by atoms with Gasteiger partial charge in [-0.1, -0.05) is 11.8 Å². The SMILES string of the molecule is C[C@H](Sc1ccc(C(=O)N2CCCC2)cn1)C(=O)Nc1ccc(N(C)C)cc1. The van der Waals surface area contributed by atoms with Crippen LogP contribution in [0.5, 0.6) is 0 Å². The Kier molecular flexibility index (Phi) is 6.57. The minimum Gasteiger partial charge on any atom is -0.378 e. The fourth-order valence-electron chi connectivity index (χ4n) is 3.00. The molecule has 7 heteroatoms. The molecule has 2 amide bonds. The van der Waals surface area contributed by atoms with E-state index in [9.17, 15) is 9.59 Å². The maximum atomic E-state index is 12.5. The summed E-state index contributed by atoms with van der Waals surface area (Å²) < 4.78 is 0. The molecule has 148 valence electrons. The zero-order chi connectivity index (χ0) is 20.1. The number of pyridine rings is 1. The molecule has 0 radical (unpaired) electrons. The number of hydrogen-bond donors (Lipinski definition) is 1. The predicted molar refractivity (Wildman–Crippen MR) is 114 cm³/mol. The van der Waals surface area contributed by atoms with Gasteiger partial charge in [0.05, 0.1) is 15.8 Å². The van der Waals surface area contributed by atoms with Crippen molar-refractivity contribution in [3.63, 3.8) is 0 Å². The predicted octanol–water partition coefficient (Wildman–Crippen LogP) is 3.50. The Bertz CT molecular complexity index is 815. The van der Waals surface area contributed by atoms with Gasteiger partial charge in [0, 0.05) is 44.8 Å². The fraction of sp³-hybridized carbons (Fsp3) is 0.381. The molecule has 0 aliphatic carbocycles. The highest BCUT2D eigenvalue weighted by atomic mass is 32.2. The Labute approximate surface area is 170 Å². The Hall–Kier alpha value is -2.54. The summed E-state index contributed by atoms with van der Waals surface area (Å²) in [6.45, 7) is 3.49. The summed E-state index contributed by atoms with van der Waals surface area (Å²) in [4.78, 5) is 33.1. The standard InChI is InChI=1S/C21H26N4O2S/c1-15(20(26)23-17-7-9-18(10-8-17)24(2)3)28-19-11-6-16(14-22-19)21(27)25-12-4-5-13-25/h6-11,14-15H,4-5,12-13H2,1-3H3,(H,23,26)/t15-/m0/s1. The van der Waals surface area contributed by atoms with Gasteiger partial charge in [0.1, 0.15) is 0 Å². The molecule has 3 rings (SSSR count). The van der Waals surface area contributed by atoms with Crippen molar-refractivity contribution in [1.82, 2.24) is 9.88 Å². The molecular formula is C21H26N4O2S. The minimum absolute atomic E-state index is 0.0357. The van der Waals surface area contributed by atoms with Crippen molar-refractivity contribution >= 4 is 35.0 Å². The molecule has 0 unspecified atom stereocenters. The zero-order valence-corrected chi connectivity index (χ0v) is 17.3. The van der Waals surface area contributed by atoms with E-state index in [0.29, 0.717) is 5.56 Å². The van der Waals surface area contributed by atoms with Gasteiger partial charge in [0.15, 0.2) is 0 Å². The number of likely N-dealkylation sites (tertiary alicyclic amines) is 1. The van der Waals surface area contributed by atoms with E-state index >= 15 is 0 Å². The first kappa shape index (κ1) is 20.2. The van der Waals surface area contributed by atoms with Crippen LogP contribution in [0.4, 0.5) is 11.4 Å². The van der Waals surface area contributed by atoms with Crippen LogP contribution in [0.25, 0.3) is 0 Å². The number of nitrogens with zero attached hydrogens (tertiary/aromatic N) is 3. The summed E-state index contributed by atoms with van der Waals surface area (Å²) in [6, 6.07) is 11.3. The van der Waals surface area contributed by atoms with E-state index in [0.717, 1.165) is 42.3 Å². The van der Waals surface area contributed by atoms with E-state index in [1.54, 1.807) is 12.3 Å². The summed E-state index contributed by atoms with van der Waals surface area (Å²) >= 11 is 1.38. The van der Waals surface area contributed by atoms with Crippen LogP contribution < -0.4 is 10.2 Å². The first-order valence-corrected chi connectivity index (χ1v) is 10.3. The van der Waals surface area contributed by atoms with Gasteiger partial charge in [0.2, 0.25) is 5.91 Å². The maximum Gasteiger partial charge on any atom is 0.255 e. The van der Waals surface area contributed by atoms with E-state index in [1.807, 2.05) is 61.2 Å². The highest BCUT2D eigenvalue weighted by Gasteiger charge is 2.20. The third-order valence-corrected chi connectivity index (χ3v) is 5.75. The van der Waals surface area contributed by atoms with E-state index in [2.05, 4.69) is 10.3 Å². The van der Waals surface area contributed by atoms with E-state index in [1.165, 1.54) is 11.8 Å². The summed E-state index contributed by atoms with van der Waals surface area (Å²) in [6.07, 6.45) is 3.74. The Balaban J connectivity index is 1.55. The van der Waals surface area contributed by atoms with E-state index in [-0.39, 0.29) is 17.1 Å². The smallest absolute Gasteiger partial charge is 0.255 e. The quantitative estimate of drug-likeness (QED) is 0.755. The average Bonchev–Trinajstić information content (AvgIpc) is 3.23. The van der Waals surface area contributed by atoms with Crippen LogP contribution in [0, 0.1) is 0 Å². The number of hydrogen-bond acceptors (Lipinski definition) is 5. The van der Waals surface area contributed by atoms with Crippen LogP contribution in [0.1, 0.15) is 30.1 Å². The Morgan fingerprint density at radius 3 is 2.36 bits per heavy atom. The van der Waals surface area contributed by atoms with E-state index < -0.39 is 0 Å². The molecule has 1 aliphatic rings. The van der Waals surface area contributed by atoms with Crippen molar-refractivity contribution < 1.29 is 9.59 Å². The first-order chi connectivity index (χ1) is 13.4. The normalized spacial score (nSPS) is 14.6. The molecule has 6 nitrogen and oxygen atoms in total. The lowest BCUT2D eigenvalue weighted by atomic mass is 10.2. The van der Waals surface area contributed by atoms with Crippen LogP contribution in [0.2, 0.25) is 0 Å². The third kappa shape index (κ3) is 5.04. The second-order valence-electron chi connectivity index (χ2n) is 7.08. The second-order valence-corrected chi connectivity index (χ2v) is 8.44. The fourth-order valence-corrected chi connectivity index (χ4v) is 3.79. The molecule has 1 saturated heterocycles. The van der Waals surface area contributed by atoms with Gasteiger partial charge in [-0.15, -0.1) is 0 Å². The van der Waals surface area contributed by atoms with Crippen molar-refractivity contribution in [2.45, 2.75) is 30.0 Å². The molecule has 1 fully saturated rings. The molecular weight excluding hydrogens is 372 g/mol. The topological polar surface area (TPSA) is 65.5 Å². The molecule has 1 N–H and O–H groups in total. The van der Waals surface area contributed by atoms with Gasteiger partial charge in [-0.3, -0.25) is 9.59 Å². The van der Waals surface area contributed by atoms with Gasteiger partial charge >= 0.3 is 0 Å². The highest BCUT2D eigenvalue weighted by Crippen LogP contribution is 2.24. The van der Waals surface area contributed by atoms with E-state index in [4.69, 9.17) is 0 Å². The lowest BCUT2D eigenvalue weighted by Gasteiger charge is -2.16. The number of carbonyl (C=O) groups is 2. The lowest BCUT2D eigenvalue weighted by Crippen LogP contribution is -2.27. The Morgan fingerprint density at radius 2 is 1.79 bits per heavy atom. The number of thioether (sulfide) groups is 1. The summed E-state index contributed by atoms with van der Waals surface area (Å²) in [7, 11) is 3.95. The zero-order valence-electron chi connectivity index (χ0n) is 16.5. The molecule has 1 atom stereocenters. The number of benzene rings is 1. The molecule has 2 heterocycles. The van der Waals surface area contributed by atoms with Crippen molar-refractivity contribution in [2.75, 3.05) is 37.4 Å². The minimum atomic E-state index is -0.304. The number of nitrogens with one attached hydrogen (secondary N) is 1. The summed E-state index contributed by atoms with van der Waals surface area (Å²) in [5, 5.41) is 3.35. The number of amides is 2. The summed E-state index contributed by atoms with van der Waals surface area (Å²) in [5.74, 6) is -0.0462. The third-order valence-electron chi connectivity index (χ3n) is 4.69. The van der Waals surface area contributed by atoms with Gasteiger partial charge in [-0.05, 0) is 56.2 Å². The molecule has 0 spiro atoms. The van der Waals surface area contributed by atoms with Crippen molar-refractivity contribution in [2.24, 2.45) is 0 Å². The first-order valence-electron chi connectivity index (χ1n) is 9.44. The van der Waals surface area contributed by atoms with Crippen LogP contribution in [0.15, 0.2) is 47.6 Å². The summed E-state index contributed by atoms with van der Waals surface area (Å²) in [5.41, 5.74) is 2.44. The molecule has 1 aromatic carbocycles. The lowest BCUT2D eigenvalue weighted by molar-refractivity contribution is -0.115. The number of aromatic nitrogens is 1. The van der Waals surface area contributed by atoms with Gasteiger partial charge < -0.3 is 15.1 Å². The van der Waals surface area contributed by atoms with Gasteiger partial charge in [-0.25, -0.2) is 4.98 Å². The number of anilines is 2. The van der Waals surface area contributed by atoms with Crippen LogP contribution in [-0.4, -0.2) is 54.1 Å². The number of rotatable bonds is 6. The van der Waals surface area contributed by atoms with Gasteiger partial charge in [0.25, 0.3) is 5.91 Å². The van der Waals surface area contributed by atoms with Crippen LogP contribution in [0.3, 0.4) is 0 Å². The van der Waals surface area contributed by atoms with Crippen LogP contribution >= 0.6 is 11.8 Å².